The highest BCUT2D eigenvalue weighted by atomic mass is 35.5. The van der Waals surface area contributed by atoms with Crippen LogP contribution in [0.25, 0.3) is 0 Å². The van der Waals surface area contributed by atoms with Gasteiger partial charge in [-0.05, 0) is 12.1 Å². The van der Waals surface area contributed by atoms with Crippen LogP contribution < -0.4 is 0 Å². The number of hydrogen-bond donors (Lipinski definition) is 1. The molecule has 0 aliphatic rings. The molecule has 0 fully saturated rings. The Labute approximate surface area is 103 Å². The number of Topliss-reactive ketones (excluding diaryl/α,β-unsaturated/α-hetero) is 1. The predicted molar refractivity (Wildman–Crippen MR) is 63.0 cm³/mol. The average Bonchev–Trinajstić information content (AvgIpc) is 2.25. The quantitative estimate of drug-likeness (QED) is 0.381. The van der Waals surface area contributed by atoms with E-state index in [0.717, 1.165) is 0 Å². The lowest BCUT2D eigenvalue weighted by Gasteiger charge is -2.08. The van der Waals surface area contributed by atoms with Crippen molar-refractivity contribution < 1.29 is 14.7 Å². The molecule has 1 heterocycles. The van der Waals surface area contributed by atoms with Crippen molar-refractivity contribution in [2.24, 2.45) is 0 Å². The molecule has 0 atom stereocenters. The number of hydrogen-bond acceptors (Lipinski definition) is 4. The molecular weight excluding hydrogens is 244 g/mol. The smallest absolute Gasteiger partial charge is 0.341 e. The van der Waals surface area contributed by atoms with Gasteiger partial charge in [0.15, 0.2) is 0 Å². The lowest BCUT2D eigenvalue weighted by Crippen LogP contribution is -2.17. The molecule has 0 unspecified atom stereocenters. The van der Waals surface area contributed by atoms with Gasteiger partial charge in [0.25, 0.3) is 0 Å². The normalized spacial score (nSPS) is 11.1. The molecule has 0 aliphatic carbocycles. The van der Waals surface area contributed by atoms with Gasteiger partial charge in [0, 0.05) is 26.5 Å². The van der Waals surface area contributed by atoms with Crippen LogP contribution in [0.15, 0.2) is 30.1 Å². The van der Waals surface area contributed by atoms with E-state index in [-0.39, 0.29) is 16.3 Å². The third-order valence-corrected chi connectivity index (χ3v) is 2.14. The van der Waals surface area contributed by atoms with Gasteiger partial charge in [-0.15, -0.1) is 0 Å². The molecular formula is C11H11ClN2O3. The second-order valence-electron chi connectivity index (χ2n) is 3.47. The van der Waals surface area contributed by atoms with E-state index >= 15 is 0 Å². The van der Waals surface area contributed by atoms with E-state index in [9.17, 15) is 9.59 Å². The molecule has 1 aromatic heterocycles. The van der Waals surface area contributed by atoms with E-state index in [1.54, 1.807) is 20.2 Å². The Balaban J connectivity index is 3.19. The molecule has 5 nitrogen and oxygen atoms in total. The SMILES string of the molecule is CN(C)C=C(C(=O)O)C(=O)c1ncccc1Cl. The van der Waals surface area contributed by atoms with Crippen LogP contribution in [-0.2, 0) is 4.79 Å². The van der Waals surface area contributed by atoms with Gasteiger partial charge in [-0.1, -0.05) is 11.6 Å². The van der Waals surface area contributed by atoms with Crippen molar-refractivity contribution >= 4 is 23.4 Å². The molecule has 0 amide bonds. The van der Waals surface area contributed by atoms with Crippen LogP contribution in [0.3, 0.4) is 0 Å². The zero-order chi connectivity index (χ0) is 13.0. The number of aromatic nitrogens is 1. The molecule has 1 N–H and O–H groups in total. The van der Waals surface area contributed by atoms with Crippen molar-refractivity contribution in [1.82, 2.24) is 9.88 Å². The fraction of sp³-hybridized carbons (Fsp3) is 0.182. The standard InChI is InChI=1S/C11H11ClN2O3/c1-14(2)6-7(11(16)17)10(15)9-8(12)4-3-5-13-9/h3-6H,1-2H3,(H,16,17). The van der Waals surface area contributed by atoms with Gasteiger partial charge >= 0.3 is 5.97 Å². The Morgan fingerprint density at radius 1 is 1.47 bits per heavy atom. The van der Waals surface area contributed by atoms with Crippen molar-refractivity contribution in [3.63, 3.8) is 0 Å². The fourth-order valence-corrected chi connectivity index (χ4v) is 1.36. The van der Waals surface area contributed by atoms with Gasteiger partial charge in [0.1, 0.15) is 11.3 Å². The maximum atomic E-state index is 11.9. The van der Waals surface area contributed by atoms with Crippen LogP contribution in [-0.4, -0.2) is 40.8 Å². The molecule has 1 aromatic rings. The summed E-state index contributed by atoms with van der Waals surface area (Å²) in [5.41, 5.74) is -0.444. The first-order valence-electron chi connectivity index (χ1n) is 4.70. The van der Waals surface area contributed by atoms with E-state index in [0.29, 0.717) is 0 Å². The van der Waals surface area contributed by atoms with E-state index < -0.39 is 11.8 Å². The monoisotopic (exact) mass is 254 g/mol. The minimum absolute atomic E-state index is 0.0651. The molecule has 0 bridgehead atoms. The molecule has 90 valence electrons. The number of ketones is 1. The number of carboxylic acids is 1. The highest BCUT2D eigenvalue weighted by Crippen LogP contribution is 2.16. The first-order valence-corrected chi connectivity index (χ1v) is 5.08. The van der Waals surface area contributed by atoms with Crippen LogP contribution in [0.4, 0.5) is 0 Å². The number of carboxylic acid groups (broad SMARTS) is 1. The topological polar surface area (TPSA) is 70.5 Å². The summed E-state index contributed by atoms with van der Waals surface area (Å²) in [6, 6.07) is 3.05. The summed E-state index contributed by atoms with van der Waals surface area (Å²) in [4.78, 5) is 28.1. The minimum Gasteiger partial charge on any atom is -0.477 e. The molecule has 0 radical (unpaired) electrons. The first-order chi connectivity index (χ1) is 7.93. The van der Waals surface area contributed by atoms with Gasteiger partial charge in [0.05, 0.1) is 5.02 Å². The van der Waals surface area contributed by atoms with E-state index in [4.69, 9.17) is 16.7 Å². The van der Waals surface area contributed by atoms with Crippen LogP contribution >= 0.6 is 11.6 Å². The second-order valence-corrected chi connectivity index (χ2v) is 3.88. The maximum absolute atomic E-state index is 11.9. The number of pyridine rings is 1. The van der Waals surface area contributed by atoms with Gasteiger partial charge in [0.2, 0.25) is 5.78 Å². The van der Waals surface area contributed by atoms with Crippen molar-refractivity contribution in [2.75, 3.05) is 14.1 Å². The second kappa shape index (κ2) is 5.45. The summed E-state index contributed by atoms with van der Waals surface area (Å²) in [7, 11) is 3.24. The summed E-state index contributed by atoms with van der Waals surface area (Å²) in [5, 5.41) is 9.09. The van der Waals surface area contributed by atoms with E-state index in [1.807, 2.05) is 0 Å². The summed E-state index contributed by atoms with van der Waals surface area (Å²) >= 11 is 5.79. The lowest BCUT2D eigenvalue weighted by molar-refractivity contribution is -0.132. The number of carbonyl (C=O) groups excluding carboxylic acids is 1. The zero-order valence-corrected chi connectivity index (χ0v) is 10.1. The minimum atomic E-state index is -1.31. The highest BCUT2D eigenvalue weighted by Gasteiger charge is 2.22. The van der Waals surface area contributed by atoms with Gasteiger partial charge in [-0.2, -0.15) is 0 Å². The van der Waals surface area contributed by atoms with Crippen molar-refractivity contribution in [3.8, 4) is 0 Å². The van der Waals surface area contributed by atoms with E-state index in [2.05, 4.69) is 4.98 Å². The largest absolute Gasteiger partial charge is 0.477 e. The Bertz CT molecular complexity index is 483. The summed E-state index contributed by atoms with van der Waals surface area (Å²) in [6.07, 6.45) is 2.60. The molecule has 0 aromatic carbocycles. The van der Waals surface area contributed by atoms with Crippen molar-refractivity contribution in [1.29, 1.82) is 0 Å². The van der Waals surface area contributed by atoms with E-state index in [1.165, 1.54) is 23.4 Å². The molecule has 6 heteroatoms. The predicted octanol–water partition coefficient (Wildman–Crippen LogP) is 1.45. The van der Waals surface area contributed by atoms with Gasteiger partial charge < -0.3 is 10.0 Å². The van der Waals surface area contributed by atoms with Crippen LogP contribution in [0.1, 0.15) is 10.5 Å². The Morgan fingerprint density at radius 2 is 2.12 bits per heavy atom. The highest BCUT2D eigenvalue weighted by molar-refractivity contribution is 6.36. The average molecular weight is 255 g/mol. The molecule has 0 saturated carbocycles. The summed E-state index contributed by atoms with van der Waals surface area (Å²) in [5.74, 6) is -2.03. The maximum Gasteiger partial charge on any atom is 0.341 e. The molecule has 1 rings (SSSR count). The number of halogens is 1. The summed E-state index contributed by atoms with van der Waals surface area (Å²) < 4.78 is 0. The molecule has 0 spiro atoms. The number of rotatable bonds is 4. The lowest BCUT2D eigenvalue weighted by atomic mass is 10.1. The van der Waals surface area contributed by atoms with Crippen molar-refractivity contribution in [3.05, 3.63) is 40.8 Å². The van der Waals surface area contributed by atoms with Crippen LogP contribution in [0.2, 0.25) is 5.02 Å². The molecule has 0 saturated heterocycles. The number of aliphatic carboxylic acids is 1. The fourth-order valence-electron chi connectivity index (χ4n) is 1.15. The zero-order valence-electron chi connectivity index (χ0n) is 9.35. The number of carbonyl (C=O) groups is 2. The Kier molecular flexibility index (Phi) is 4.23. The third-order valence-electron chi connectivity index (χ3n) is 1.84. The van der Waals surface area contributed by atoms with Gasteiger partial charge in [-0.25, -0.2) is 4.79 Å². The van der Waals surface area contributed by atoms with Gasteiger partial charge in [-0.3, -0.25) is 9.78 Å². The Morgan fingerprint density at radius 3 is 2.59 bits per heavy atom. The number of nitrogens with zero attached hydrogens (tertiary/aromatic N) is 2. The summed E-state index contributed by atoms with van der Waals surface area (Å²) in [6.45, 7) is 0. The molecule has 0 aliphatic heterocycles. The van der Waals surface area contributed by atoms with Crippen molar-refractivity contribution in [2.45, 2.75) is 0 Å². The molecule has 17 heavy (non-hydrogen) atoms. The third kappa shape index (κ3) is 3.29. The van der Waals surface area contributed by atoms with Crippen LogP contribution in [0.5, 0.6) is 0 Å². The first kappa shape index (κ1) is 13.2. The Hall–Kier alpha value is -1.88. The van der Waals surface area contributed by atoms with Crippen LogP contribution in [0, 0.1) is 0 Å².